The largest absolute Gasteiger partial charge is 0.478 e. The van der Waals surface area contributed by atoms with Crippen LogP contribution in [0.5, 0.6) is 0 Å². The summed E-state index contributed by atoms with van der Waals surface area (Å²) < 4.78 is 0. The third-order valence-electron chi connectivity index (χ3n) is 2.33. The Labute approximate surface area is 98.0 Å². The van der Waals surface area contributed by atoms with E-state index in [0.717, 1.165) is 5.56 Å². The van der Waals surface area contributed by atoms with E-state index in [-0.39, 0.29) is 5.56 Å². The third kappa shape index (κ3) is 2.46. The summed E-state index contributed by atoms with van der Waals surface area (Å²) in [5.41, 5.74) is 7.80. The molecule has 5 heteroatoms. The van der Waals surface area contributed by atoms with Crippen LogP contribution in [0.25, 0.3) is 11.4 Å². The summed E-state index contributed by atoms with van der Waals surface area (Å²) in [5, 5.41) is 8.89. The number of hydrogen-bond acceptors (Lipinski definition) is 4. The Bertz CT molecular complexity index is 555. The molecule has 5 nitrogen and oxygen atoms in total. The predicted molar refractivity (Wildman–Crippen MR) is 62.3 cm³/mol. The molecule has 3 N–H and O–H groups in total. The smallest absolute Gasteiger partial charge is 0.335 e. The zero-order valence-corrected chi connectivity index (χ0v) is 9.00. The molecule has 2 aromatic rings. The SMILES string of the molecule is NCc1ccnc(-c2cc(C(=O)O)ccn2)c1. The van der Waals surface area contributed by atoms with Crippen molar-refractivity contribution < 1.29 is 9.90 Å². The Hall–Kier alpha value is -2.27. The fourth-order valence-corrected chi connectivity index (χ4v) is 1.44. The maximum atomic E-state index is 10.8. The minimum absolute atomic E-state index is 0.190. The van der Waals surface area contributed by atoms with Gasteiger partial charge >= 0.3 is 5.97 Å². The van der Waals surface area contributed by atoms with Gasteiger partial charge in [-0.05, 0) is 29.8 Å². The second kappa shape index (κ2) is 4.71. The summed E-state index contributed by atoms with van der Waals surface area (Å²) in [4.78, 5) is 19.1. The van der Waals surface area contributed by atoms with E-state index in [4.69, 9.17) is 10.8 Å². The van der Waals surface area contributed by atoms with Gasteiger partial charge in [-0.1, -0.05) is 0 Å². The number of aromatic carboxylic acids is 1. The van der Waals surface area contributed by atoms with Crippen molar-refractivity contribution in [3.8, 4) is 11.4 Å². The van der Waals surface area contributed by atoms with Gasteiger partial charge in [-0.2, -0.15) is 0 Å². The molecule has 0 bridgehead atoms. The van der Waals surface area contributed by atoms with Gasteiger partial charge < -0.3 is 10.8 Å². The van der Waals surface area contributed by atoms with Crippen LogP contribution < -0.4 is 5.73 Å². The van der Waals surface area contributed by atoms with Gasteiger partial charge in [0.25, 0.3) is 0 Å². The number of carbonyl (C=O) groups is 1. The van der Waals surface area contributed by atoms with Crippen molar-refractivity contribution in [2.24, 2.45) is 5.73 Å². The van der Waals surface area contributed by atoms with Crippen LogP contribution >= 0.6 is 0 Å². The number of pyridine rings is 2. The van der Waals surface area contributed by atoms with Crippen molar-refractivity contribution in [1.82, 2.24) is 9.97 Å². The van der Waals surface area contributed by atoms with E-state index in [0.29, 0.717) is 17.9 Å². The van der Waals surface area contributed by atoms with Crippen LogP contribution in [0.3, 0.4) is 0 Å². The Morgan fingerprint density at radius 1 is 1.18 bits per heavy atom. The first kappa shape index (κ1) is 11.2. The first-order valence-corrected chi connectivity index (χ1v) is 5.05. The number of rotatable bonds is 3. The zero-order valence-electron chi connectivity index (χ0n) is 9.00. The van der Waals surface area contributed by atoms with E-state index in [1.54, 1.807) is 12.3 Å². The summed E-state index contributed by atoms with van der Waals surface area (Å²) in [5.74, 6) is -0.983. The van der Waals surface area contributed by atoms with E-state index < -0.39 is 5.97 Å². The lowest BCUT2D eigenvalue weighted by molar-refractivity contribution is 0.0697. The van der Waals surface area contributed by atoms with E-state index in [1.807, 2.05) is 6.07 Å². The van der Waals surface area contributed by atoms with Crippen LogP contribution in [0.15, 0.2) is 36.7 Å². The van der Waals surface area contributed by atoms with Crippen LogP contribution in [0.1, 0.15) is 15.9 Å². The molecular formula is C12H11N3O2. The van der Waals surface area contributed by atoms with Gasteiger partial charge in [0.15, 0.2) is 0 Å². The van der Waals surface area contributed by atoms with Crippen molar-refractivity contribution >= 4 is 5.97 Å². The van der Waals surface area contributed by atoms with Crippen LogP contribution in [0.4, 0.5) is 0 Å². The highest BCUT2D eigenvalue weighted by Gasteiger charge is 2.07. The number of carboxylic acid groups (broad SMARTS) is 1. The molecule has 0 unspecified atom stereocenters. The molecule has 0 saturated heterocycles. The summed E-state index contributed by atoms with van der Waals surface area (Å²) in [6, 6.07) is 6.54. The van der Waals surface area contributed by atoms with E-state index >= 15 is 0 Å². The van der Waals surface area contributed by atoms with E-state index in [2.05, 4.69) is 9.97 Å². The van der Waals surface area contributed by atoms with Gasteiger partial charge in [0.05, 0.1) is 17.0 Å². The fourth-order valence-electron chi connectivity index (χ4n) is 1.44. The Balaban J connectivity index is 2.45. The summed E-state index contributed by atoms with van der Waals surface area (Å²) in [7, 11) is 0. The third-order valence-corrected chi connectivity index (χ3v) is 2.33. The summed E-state index contributed by atoms with van der Waals surface area (Å²) >= 11 is 0. The van der Waals surface area contributed by atoms with Gasteiger partial charge in [0, 0.05) is 18.9 Å². The normalized spacial score (nSPS) is 10.2. The molecule has 0 radical (unpaired) electrons. The highest BCUT2D eigenvalue weighted by Crippen LogP contribution is 2.16. The molecule has 0 saturated carbocycles. The number of carboxylic acids is 1. The lowest BCUT2D eigenvalue weighted by atomic mass is 10.1. The summed E-state index contributed by atoms with van der Waals surface area (Å²) in [6.45, 7) is 0.411. The van der Waals surface area contributed by atoms with Crippen molar-refractivity contribution in [3.05, 3.63) is 47.8 Å². The number of nitrogens with two attached hydrogens (primary N) is 1. The average molecular weight is 229 g/mol. The van der Waals surface area contributed by atoms with Gasteiger partial charge in [0.1, 0.15) is 0 Å². The molecule has 0 spiro atoms. The number of aromatic nitrogens is 2. The maximum Gasteiger partial charge on any atom is 0.335 e. The fraction of sp³-hybridized carbons (Fsp3) is 0.0833. The van der Waals surface area contributed by atoms with Crippen molar-refractivity contribution in [2.45, 2.75) is 6.54 Å². The minimum Gasteiger partial charge on any atom is -0.478 e. The number of hydrogen-bond donors (Lipinski definition) is 2. The second-order valence-electron chi connectivity index (χ2n) is 3.49. The molecule has 0 aliphatic heterocycles. The van der Waals surface area contributed by atoms with Crippen LogP contribution in [-0.2, 0) is 6.54 Å². The molecule has 0 aromatic carbocycles. The molecular weight excluding hydrogens is 218 g/mol. The lowest BCUT2D eigenvalue weighted by Gasteiger charge is -2.03. The second-order valence-corrected chi connectivity index (χ2v) is 3.49. The van der Waals surface area contributed by atoms with E-state index in [9.17, 15) is 4.79 Å². The topological polar surface area (TPSA) is 89.1 Å². The molecule has 2 heterocycles. The summed E-state index contributed by atoms with van der Waals surface area (Å²) in [6.07, 6.45) is 3.09. The molecule has 86 valence electrons. The quantitative estimate of drug-likeness (QED) is 0.828. The lowest BCUT2D eigenvalue weighted by Crippen LogP contribution is -2.00. The van der Waals surface area contributed by atoms with Crippen molar-refractivity contribution in [3.63, 3.8) is 0 Å². The first-order valence-electron chi connectivity index (χ1n) is 5.05. The average Bonchev–Trinajstić information content (AvgIpc) is 2.39. The maximum absolute atomic E-state index is 10.8. The van der Waals surface area contributed by atoms with Crippen LogP contribution in [0, 0.1) is 0 Å². The zero-order chi connectivity index (χ0) is 12.3. The van der Waals surface area contributed by atoms with Gasteiger partial charge in [-0.3, -0.25) is 9.97 Å². The predicted octanol–water partition coefficient (Wildman–Crippen LogP) is 1.30. The van der Waals surface area contributed by atoms with Gasteiger partial charge in [0.2, 0.25) is 0 Å². The highest BCUT2D eigenvalue weighted by atomic mass is 16.4. The first-order chi connectivity index (χ1) is 8.20. The molecule has 0 aliphatic carbocycles. The Morgan fingerprint density at radius 3 is 2.47 bits per heavy atom. The molecule has 2 aromatic heterocycles. The molecule has 0 aliphatic rings. The molecule has 0 atom stereocenters. The number of nitrogens with zero attached hydrogens (tertiary/aromatic N) is 2. The Morgan fingerprint density at radius 2 is 1.82 bits per heavy atom. The van der Waals surface area contributed by atoms with E-state index in [1.165, 1.54) is 18.3 Å². The highest BCUT2D eigenvalue weighted by molar-refractivity contribution is 5.88. The molecule has 0 amide bonds. The molecule has 2 rings (SSSR count). The Kier molecular flexibility index (Phi) is 3.11. The standard InChI is InChI=1S/C12H11N3O2/c13-7-8-1-3-14-10(5-8)11-6-9(12(16)17)2-4-15-11/h1-6H,7,13H2,(H,16,17). The van der Waals surface area contributed by atoms with Crippen LogP contribution in [0.2, 0.25) is 0 Å². The van der Waals surface area contributed by atoms with Gasteiger partial charge in [-0.25, -0.2) is 4.79 Å². The minimum atomic E-state index is -0.983. The molecule has 17 heavy (non-hydrogen) atoms. The van der Waals surface area contributed by atoms with Crippen LogP contribution in [-0.4, -0.2) is 21.0 Å². The van der Waals surface area contributed by atoms with Crippen molar-refractivity contribution in [1.29, 1.82) is 0 Å². The molecule has 0 fully saturated rings. The van der Waals surface area contributed by atoms with Gasteiger partial charge in [-0.15, -0.1) is 0 Å². The van der Waals surface area contributed by atoms with Crippen molar-refractivity contribution in [2.75, 3.05) is 0 Å². The monoisotopic (exact) mass is 229 g/mol.